The van der Waals surface area contributed by atoms with Gasteiger partial charge in [-0.15, -0.1) is 0 Å². The monoisotopic (exact) mass is 397 g/mol. The van der Waals surface area contributed by atoms with Crippen LogP contribution in [0.25, 0.3) is 0 Å². The van der Waals surface area contributed by atoms with Crippen LogP contribution in [-0.4, -0.2) is 26.8 Å². The normalized spacial score (nSPS) is 11.2. The fourth-order valence-electron chi connectivity index (χ4n) is 2.27. The van der Waals surface area contributed by atoms with Crippen molar-refractivity contribution in [2.75, 3.05) is 6.54 Å². The maximum Gasteiger partial charge on any atom is 0.273 e. The highest BCUT2D eigenvalue weighted by atomic mass is 32.2. The highest BCUT2D eigenvalue weighted by molar-refractivity contribution is 7.89. The molecule has 10 heteroatoms. The summed E-state index contributed by atoms with van der Waals surface area (Å²) < 4.78 is 44.4. The number of hydrogen-bond donors (Lipinski definition) is 3. The van der Waals surface area contributed by atoms with Gasteiger partial charge in [0.25, 0.3) is 5.91 Å². The van der Waals surface area contributed by atoms with Crippen LogP contribution in [0, 0.1) is 19.7 Å². The summed E-state index contributed by atoms with van der Waals surface area (Å²) >= 11 is 0. The Labute approximate surface area is 156 Å². The van der Waals surface area contributed by atoms with E-state index in [1.54, 1.807) is 19.9 Å². The van der Waals surface area contributed by atoms with E-state index in [1.807, 2.05) is 0 Å². The first-order chi connectivity index (χ1) is 12.7. The Kier molecular flexibility index (Phi) is 6.70. The summed E-state index contributed by atoms with van der Waals surface area (Å²) in [6.07, 6.45) is 0.210. The summed E-state index contributed by atoms with van der Waals surface area (Å²) in [6, 6.07) is 5.96. The highest BCUT2D eigenvalue weighted by Crippen LogP contribution is 2.13. The lowest BCUT2D eigenvalue weighted by molar-refractivity contribution is -0.121. The molecule has 1 aromatic heterocycles. The number of nitrogens with one attached hydrogen (secondary N) is 3. The first-order valence-corrected chi connectivity index (χ1v) is 9.59. The maximum atomic E-state index is 12.8. The van der Waals surface area contributed by atoms with Gasteiger partial charge in [-0.3, -0.25) is 20.4 Å². The fourth-order valence-corrected chi connectivity index (χ4v) is 3.34. The van der Waals surface area contributed by atoms with Crippen LogP contribution in [0.1, 0.15) is 34.7 Å². The van der Waals surface area contributed by atoms with Crippen molar-refractivity contribution in [1.29, 1.82) is 0 Å². The van der Waals surface area contributed by atoms with Crippen molar-refractivity contribution in [3.63, 3.8) is 0 Å². The number of halogens is 1. The predicted octanol–water partition coefficient (Wildman–Crippen LogP) is 1.56. The summed E-state index contributed by atoms with van der Waals surface area (Å²) in [5.41, 5.74) is 4.84. The predicted molar refractivity (Wildman–Crippen MR) is 94.6 cm³/mol. The minimum Gasteiger partial charge on any atom is -0.466 e. The molecule has 3 N–H and O–H groups in total. The molecule has 8 nitrogen and oxygen atoms in total. The van der Waals surface area contributed by atoms with E-state index in [4.69, 9.17) is 4.42 Å². The Morgan fingerprint density at radius 1 is 1.11 bits per heavy atom. The second-order valence-electron chi connectivity index (χ2n) is 5.78. The number of furan rings is 1. The van der Waals surface area contributed by atoms with Crippen LogP contribution in [0.3, 0.4) is 0 Å². The van der Waals surface area contributed by atoms with Gasteiger partial charge < -0.3 is 4.42 Å². The number of carbonyl (C=O) groups is 2. The summed E-state index contributed by atoms with van der Waals surface area (Å²) in [5.74, 6) is -0.489. The topological polar surface area (TPSA) is 118 Å². The van der Waals surface area contributed by atoms with Gasteiger partial charge in [0.1, 0.15) is 17.3 Å². The molecule has 27 heavy (non-hydrogen) atoms. The van der Waals surface area contributed by atoms with Gasteiger partial charge in [0.05, 0.1) is 10.5 Å². The van der Waals surface area contributed by atoms with E-state index in [-0.39, 0.29) is 24.3 Å². The molecule has 1 aromatic carbocycles. The van der Waals surface area contributed by atoms with Crippen LogP contribution in [-0.2, 0) is 14.8 Å². The molecule has 0 atom stereocenters. The molecule has 0 aliphatic heterocycles. The van der Waals surface area contributed by atoms with Crippen molar-refractivity contribution in [3.05, 3.63) is 53.2 Å². The largest absolute Gasteiger partial charge is 0.466 e. The quantitative estimate of drug-likeness (QED) is 0.484. The zero-order valence-electron chi connectivity index (χ0n) is 14.8. The summed E-state index contributed by atoms with van der Waals surface area (Å²) in [4.78, 5) is 23.6. The van der Waals surface area contributed by atoms with Crippen LogP contribution >= 0.6 is 0 Å². The highest BCUT2D eigenvalue weighted by Gasteiger charge is 2.15. The van der Waals surface area contributed by atoms with Gasteiger partial charge in [-0.1, -0.05) is 0 Å². The van der Waals surface area contributed by atoms with Crippen molar-refractivity contribution >= 4 is 21.8 Å². The van der Waals surface area contributed by atoms with Gasteiger partial charge in [-0.25, -0.2) is 17.5 Å². The molecular formula is C17H20FN3O5S. The third kappa shape index (κ3) is 5.90. The number of amides is 2. The standard InChI is InChI=1S/C17H20FN3O5S/c1-11-10-15(12(2)26-11)17(23)21-20-16(22)4-3-9-19-27(24,25)14-7-5-13(18)6-8-14/h5-8,10,19H,3-4,9H2,1-2H3,(H,20,22)(H,21,23). The van der Waals surface area contributed by atoms with Gasteiger partial charge in [0.15, 0.2) is 0 Å². The van der Waals surface area contributed by atoms with Gasteiger partial charge in [-0.2, -0.15) is 0 Å². The summed E-state index contributed by atoms with van der Waals surface area (Å²) in [7, 11) is -3.77. The van der Waals surface area contributed by atoms with Crippen molar-refractivity contribution in [2.24, 2.45) is 0 Å². The van der Waals surface area contributed by atoms with E-state index in [0.29, 0.717) is 17.1 Å². The first-order valence-electron chi connectivity index (χ1n) is 8.10. The smallest absolute Gasteiger partial charge is 0.273 e. The van der Waals surface area contributed by atoms with Crippen LogP contribution < -0.4 is 15.6 Å². The first kappa shape index (κ1) is 20.6. The molecule has 146 valence electrons. The zero-order valence-corrected chi connectivity index (χ0v) is 15.7. The number of hydrazine groups is 1. The lowest BCUT2D eigenvalue weighted by atomic mass is 10.2. The molecule has 2 aromatic rings. The van der Waals surface area contributed by atoms with Crippen LogP contribution in [0.4, 0.5) is 4.39 Å². The Bertz CT molecular complexity index is 923. The van der Waals surface area contributed by atoms with Gasteiger partial charge >= 0.3 is 0 Å². The molecule has 0 aliphatic rings. The number of benzene rings is 1. The molecule has 2 rings (SSSR count). The van der Waals surface area contributed by atoms with Crippen molar-refractivity contribution in [3.8, 4) is 0 Å². The Morgan fingerprint density at radius 2 is 1.78 bits per heavy atom. The lowest BCUT2D eigenvalue weighted by Gasteiger charge is -2.08. The van der Waals surface area contributed by atoms with Gasteiger partial charge in [-0.05, 0) is 50.6 Å². The number of aryl methyl sites for hydroxylation is 2. The third-order valence-corrected chi connectivity index (χ3v) is 5.07. The molecule has 0 saturated carbocycles. The summed E-state index contributed by atoms with van der Waals surface area (Å²) in [6.45, 7) is 3.35. The van der Waals surface area contributed by atoms with Crippen LogP contribution in [0.15, 0.2) is 39.6 Å². The number of hydrogen-bond acceptors (Lipinski definition) is 5. The van der Waals surface area contributed by atoms with Crippen LogP contribution in [0.5, 0.6) is 0 Å². The Balaban J connectivity index is 1.72. The van der Waals surface area contributed by atoms with Gasteiger partial charge in [0.2, 0.25) is 15.9 Å². The zero-order chi connectivity index (χ0) is 20.0. The average Bonchev–Trinajstić information content (AvgIpc) is 2.95. The van der Waals surface area contributed by atoms with E-state index in [2.05, 4.69) is 15.6 Å². The number of rotatable bonds is 7. The molecule has 1 heterocycles. The molecule has 0 unspecified atom stereocenters. The van der Waals surface area contributed by atoms with E-state index in [1.165, 1.54) is 0 Å². The second-order valence-corrected chi connectivity index (χ2v) is 7.55. The summed E-state index contributed by atoms with van der Waals surface area (Å²) in [5, 5.41) is 0. The molecule has 2 amide bonds. The number of sulfonamides is 1. The average molecular weight is 397 g/mol. The minimum absolute atomic E-state index is 0.00435. The molecule has 0 bridgehead atoms. The SMILES string of the molecule is Cc1cc(C(=O)NNC(=O)CCCNS(=O)(=O)c2ccc(F)cc2)c(C)o1. The van der Waals surface area contributed by atoms with Crippen LogP contribution in [0.2, 0.25) is 0 Å². The fraction of sp³-hybridized carbons (Fsp3) is 0.294. The Hall–Kier alpha value is -2.72. The van der Waals surface area contributed by atoms with E-state index in [9.17, 15) is 22.4 Å². The second kappa shape index (κ2) is 8.78. The van der Waals surface area contributed by atoms with Crippen molar-refractivity contribution in [2.45, 2.75) is 31.6 Å². The van der Waals surface area contributed by atoms with Crippen molar-refractivity contribution in [1.82, 2.24) is 15.6 Å². The molecule has 0 fully saturated rings. The molecular weight excluding hydrogens is 377 g/mol. The number of carbonyl (C=O) groups excluding carboxylic acids is 2. The molecule has 0 radical (unpaired) electrons. The van der Waals surface area contributed by atoms with E-state index >= 15 is 0 Å². The lowest BCUT2D eigenvalue weighted by Crippen LogP contribution is -2.41. The minimum atomic E-state index is -3.77. The van der Waals surface area contributed by atoms with Gasteiger partial charge in [0, 0.05) is 13.0 Å². The Morgan fingerprint density at radius 3 is 2.37 bits per heavy atom. The van der Waals surface area contributed by atoms with E-state index < -0.39 is 27.7 Å². The molecule has 0 saturated heterocycles. The van der Waals surface area contributed by atoms with Crippen molar-refractivity contribution < 1.29 is 26.8 Å². The maximum absolute atomic E-state index is 12.8. The molecule has 0 aliphatic carbocycles. The third-order valence-electron chi connectivity index (χ3n) is 3.60. The van der Waals surface area contributed by atoms with E-state index in [0.717, 1.165) is 24.3 Å². The molecule has 0 spiro atoms.